The van der Waals surface area contributed by atoms with Crippen LogP contribution in [0.15, 0.2) is 18.2 Å². The average Bonchev–Trinajstić information content (AvgIpc) is 2.12. The van der Waals surface area contributed by atoms with Gasteiger partial charge >= 0.3 is 0 Å². The Labute approximate surface area is 83.0 Å². The zero-order valence-electron chi connectivity index (χ0n) is 8.16. The highest BCUT2D eigenvalue weighted by Gasteiger charge is 2.05. The van der Waals surface area contributed by atoms with Crippen molar-refractivity contribution in [3.05, 3.63) is 23.8 Å². The quantitative estimate of drug-likeness (QED) is 0.721. The molecule has 0 aromatic heterocycles. The summed E-state index contributed by atoms with van der Waals surface area (Å²) >= 11 is 0. The van der Waals surface area contributed by atoms with Gasteiger partial charge in [-0.05, 0) is 31.4 Å². The molecule has 0 saturated heterocycles. The second-order valence-corrected chi connectivity index (χ2v) is 3.34. The van der Waals surface area contributed by atoms with E-state index >= 15 is 0 Å². The van der Waals surface area contributed by atoms with Gasteiger partial charge in [0.25, 0.3) is 0 Å². The van der Waals surface area contributed by atoms with Gasteiger partial charge in [-0.3, -0.25) is 0 Å². The maximum absolute atomic E-state index is 10.7. The molecule has 2 N–H and O–H groups in total. The summed E-state index contributed by atoms with van der Waals surface area (Å²) in [4.78, 5) is 10.7. The number of rotatable bonds is 4. The van der Waals surface area contributed by atoms with Crippen molar-refractivity contribution in [3.63, 3.8) is 0 Å². The lowest BCUT2D eigenvalue weighted by molar-refractivity contribution is -0.117. The lowest BCUT2D eigenvalue weighted by atomic mass is 10.1. The van der Waals surface area contributed by atoms with E-state index in [1.165, 1.54) is 6.07 Å². The molecular weight excluding hydrogens is 180 g/mol. The van der Waals surface area contributed by atoms with E-state index in [1.54, 1.807) is 19.1 Å². The van der Waals surface area contributed by atoms with Crippen molar-refractivity contribution in [2.75, 3.05) is 0 Å². The second-order valence-electron chi connectivity index (χ2n) is 3.34. The minimum absolute atomic E-state index is 0.0731. The van der Waals surface area contributed by atoms with Crippen LogP contribution >= 0.6 is 0 Å². The number of ketones is 1. The topological polar surface area (TPSA) is 57.5 Å². The van der Waals surface area contributed by atoms with E-state index in [1.807, 2.05) is 0 Å². The van der Waals surface area contributed by atoms with Gasteiger partial charge in [-0.1, -0.05) is 12.1 Å². The Balaban J connectivity index is 2.59. The van der Waals surface area contributed by atoms with Crippen LogP contribution in [-0.2, 0) is 11.2 Å². The van der Waals surface area contributed by atoms with Crippen LogP contribution in [0.1, 0.15) is 25.3 Å². The summed E-state index contributed by atoms with van der Waals surface area (Å²) in [7, 11) is 0. The van der Waals surface area contributed by atoms with Gasteiger partial charge in [0.15, 0.2) is 11.5 Å². The third-order valence-corrected chi connectivity index (χ3v) is 2.07. The maximum atomic E-state index is 10.7. The number of phenols is 2. The van der Waals surface area contributed by atoms with E-state index in [9.17, 15) is 15.0 Å². The van der Waals surface area contributed by atoms with Crippen LogP contribution in [0.25, 0.3) is 0 Å². The van der Waals surface area contributed by atoms with Crippen molar-refractivity contribution in [2.24, 2.45) is 0 Å². The number of hydrogen-bond acceptors (Lipinski definition) is 3. The van der Waals surface area contributed by atoms with Crippen molar-refractivity contribution >= 4 is 5.78 Å². The molecule has 0 atom stereocenters. The summed E-state index contributed by atoms with van der Waals surface area (Å²) in [6.07, 6.45) is 1.82. The normalized spacial score (nSPS) is 10.1. The molecule has 0 aliphatic heterocycles. The van der Waals surface area contributed by atoms with E-state index in [-0.39, 0.29) is 17.3 Å². The fourth-order valence-corrected chi connectivity index (χ4v) is 1.31. The molecule has 0 bridgehead atoms. The molecule has 1 rings (SSSR count). The molecule has 1 aromatic carbocycles. The Morgan fingerprint density at radius 3 is 2.71 bits per heavy atom. The standard InChI is InChI=1S/C11H14O3/c1-8(12)4-2-5-9-6-3-7-10(13)11(9)14/h3,6-7,13-14H,2,4-5H2,1H3. The summed E-state index contributed by atoms with van der Waals surface area (Å²) in [5.74, 6) is -0.0361. The number of carbonyl (C=O) groups excluding carboxylic acids is 1. The van der Waals surface area contributed by atoms with Gasteiger partial charge in [-0.25, -0.2) is 0 Å². The Bertz CT molecular complexity index is 331. The van der Waals surface area contributed by atoms with Crippen molar-refractivity contribution < 1.29 is 15.0 Å². The van der Waals surface area contributed by atoms with Crippen molar-refractivity contribution in [1.82, 2.24) is 0 Å². The molecule has 0 aliphatic rings. The Morgan fingerprint density at radius 2 is 2.07 bits per heavy atom. The van der Waals surface area contributed by atoms with Crippen molar-refractivity contribution in [1.29, 1.82) is 0 Å². The summed E-state index contributed by atoms with van der Waals surface area (Å²) in [5, 5.41) is 18.6. The number of aryl methyl sites for hydroxylation is 1. The molecule has 0 amide bonds. The van der Waals surface area contributed by atoms with E-state index < -0.39 is 0 Å². The molecule has 0 saturated carbocycles. The first-order chi connectivity index (χ1) is 6.61. The zero-order chi connectivity index (χ0) is 10.6. The molecule has 0 aliphatic carbocycles. The lowest BCUT2D eigenvalue weighted by Gasteiger charge is -2.04. The zero-order valence-corrected chi connectivity index (χ0v) is 8.16. The molecule has 0 fully saturated rings. The van der Waals surface area contributed by atoms with Crippen LogP contribution in [0.2, 0.25) is 0 Å². The van der Waals surface area contributed by atoms with Gasteiger partial charge in [0, 0.05) is 6.42 Å². The summed E-state index contributed by atoms with van der Waals surface area (Å²) in [6, 6.07) is 4.86. The Hall–Kier alpha value is -1.51. The summed E-state index contributed by atoms with van der Waals surface area (Å²) < 4.78 is 0. The van der Waals surface area contributed by atoms with Gasteiger partial charge in [-0.2, -0.15) is 0 Å². The highest BCUT2D eigenvalue weighted by atomic mass is 16.3. The Kier molecular flexibility index (Phi) is 3.51. The molecule has 0 unspecified atom stereocenters. The lowest BCUT2D eigenvalue weighted by Crippen LogP contribution is -1.92. The number of hydrogen-bond donors (Lipinski definition) is 2. The molecule has 76 valence electrons. The highest BCUT2D eigenvalue weighted by molar-refractivity contribution is 5.75. The molecular formula is C11H14O3. The first-order valence-electron chi connectivity index (χ1n) is 4.60. The third kappa shape index (κ3) is 2.76. The second kappa shape index (κ2) is 4.65. The first-order valence-corrected chi connectivity index (χ1v) is 4.60. The third-order valence-electron chi connectivity index (χ3n) is 2.07. The highest BCUT2D eigenvalue weighted by Crippen LogP contribution is 2.29. The fourth-order valence-electron chi connectivity index (χ4n) is 1.31. The largest absolute Gasteiger partial charge is 0.504 e. The van der Waals surface area contributed by atoms with Gasteiger partial charge in [0.1, 0.15) is 5.78 Å². The predicted octanol–water partition coefficient (Wildman–Crippen LogP) is 2.01. The summed E-state index contributed by atoms with van der Waals surface area (Å²) in [6.45, 7) is 1.54. The first kappa shape index (κ1) is 10.6. The molecule has 1 aromatic rings. The van der Waals surface area contributed by atoms with Crippen LogP contribution in [-0.4, -0.2) is 16.0 Å². The fraction of sp³-hybridized carbons (Fsp3) is 0.364. The Morgan fingerprint density at radius 1 is 1.36 bits per heavy atom. The number of Topliss-reactive ketones (excluding diaryl/α,β-unsaturated/α-hetero) is 1. The molecule has 0 heterocycles. The van der Waals surface area contributed by atoms with Crippen LogP contribution in [0, 0.1) is 0 Å². The monoisotopic (exact) mass is 194 g/mol. The van der Waals surface area contributed by atoms with Gasteiger partial charge < -0.3 is 15.0 Å². The van der Waals surface area contributed by atoms with Crippen LogP contribution < -0.4 is 0 Å². The van der Waals surface area contributed by atoms with Crippen LogP contribution in [0.3, 0.4) is 0 Å². The van der Waals surface area contributed by atoms with Gasteiger partial charge in [0.2, 0.25) is 0 Å². The average molecular weight is 194 g/mol. The van der Waals surface area contributed by atoms with Crippen molar-refractivity contribution in [2.45, 2.75) is 26.2 Å². The maximum Gasteiger partial charge on any atom is 0.160 e. The van der Waals surface area contributed by atoms with E-state index in [2.05, 4.69) is 0 Å². The summed E-state index contributed by atoms with van der Waals surface area (Å²) in [5.41, 5.74) is 0.686. The molecule has 14 heavy (non-hydrogen) atoms. The SMILES string of the molecule is CC(=O)CCCc1cccc(O)c1O. The van der Waals surface area contributed by atoms with E-state index in [0.29, 0.717) is 24.8 Å². The molecule has 0 spiro atoms. The van der Waals surface area contributed by atoms with E-state index in [4.69, 9.17) is 0 Å². The number of para-hydroxylation sites is 1. The molecule has 0 radical (unpaired) electrons. The number of benzene rings is 1. The number of aromatic hydroxyl groups is 2. The van der Waals surface area contributed by atoms with Crippen LogP contribution in [0.5, 0.6) is 11.5 Å². The van der Waals surface area contributed by atoms with Gasteiger partial charge in [-0.15, -0.1) is 0 Å². The molecule has 3 heteroatoms. The number of carbonyl (C=O) groups is 1. The minimum atomic E-state index is -0.106. The van der Waals surface area contributed by atoms with E-state index in [0.717, 1.165) is 0 Å². The van der Waals surface area contributed by atoms with Crippen LogP contribution in [0.4, 0.5) is 0 Å². The smallest absolute Gasteiger partial charge is 0.160 e. The minimum Gasteiger partial charge on any atom is -0.504 e. The number of phenolic OH excluding ortho intramolecular Hbond substituents is 2. The predicted molar refractivity (Wildman–Crippen MR) is 53.4 cm³/mol. The van der Waals surface area contributed by atoms with Gasteiger partial charge in [0.05, 0.1) is 0 Å². The van der Waals surface area contributed by atoms with Crippen molar-refractivity contribution in [3.8, 4) is 11.5 Å². The molecule has 3 nitrogen and oxygen atoms in total.